The highest BCUT2D eigenvalue weighted by molar-refractivity contribution is 5.16. The molecule has 1 aliphatic rings. The van der Waals surface area contributed by atoms with E-state index in [4.69, 9.17) is 5.11 Å². The number of rotatable bonds is 6. The van der Waals surface area contributed by atoms with Crippen molar-refractivity contribution in [2.75, 3.05) is 6.61 Å². The molecule has 2 rings (SSSR count). The maximum atomic E-state index is 10.2. The van der Waals surface area contributed by atoms with Crippen molar-refractivity contribution in [1.29, 1.82) is 0 Å². The monoisotopic (exact) mass is 220 g/mol. The molecule has 0 amide bonds. The van der Waals surface area contributed by atoms with E-state index in [2.05, 4.69) is 12.1 Å². The first-order valence-electron chi connectivity index (χ1n) is 6.12. The molecule has 0 bridgehead atoms. The second-order valence-corrected chi connectivity index (χ2v) is 4.86. The fourth-order valence-corrected chi connectivity index (χ4v) is 2.39. The minimum Gasteiger partial charge on any atom is -0.396 e. The highest BCUT2D eigenvalue weighted by Gasteiger charge is 2.51. The fraction of sp³-hybridized carbons (Fsp3) is 0.571. The SMILES string of the molecule is OCCC[C@H]1C[C@]1(O)CCc1ccccc1. The van der Waals surface area contributed by atoms with E-state index in [0.29, 0.717) is 5.92 Å². The Bertz CT molecular complexity index is 323. The third-order valence-corrected chi connectivity index (χ3v) is 3.60. The first-order chi connectivity index (χ1) is 7.74. The average Bonchev–Trinajstić information content (AvgIpc) is 2.97. The third-order valence-electron chi connectivity index (χ3n) is 3.60. The molecule has 1 aromatic rings. The van der Waals surface area contributed by atoms with Crippen molar-refractivity contribution in [3.8, 4) is 0 Å². The Kier molecular flexibility index (Phi) is 3.62. The lowest BCUT2D eigenvalue weighted by atomic mass is 10.0. The molecule has 0 saturated heterocycles. The van der Waals surface area contributed by atoms with Gasteiger partial charge in [0.15, 0.2) is 0 Å². The zero-order valence-corrected chi connectivity index (χ0v) is 9.60. The van der Waals surface area contributed by atoms with Gasteiger partial charge >= 0.3 is 0 Å². The summed E-state index contributed by atoms with van der Waals surface area (Å²) in [5, 5.41) is 18.9. The van der Waals surface area contributed by atoms with Crippen molar-refractivity contribution < 1.29 is 10.2 Å². The second-order valence-electron chi connectivity index (χ2n) is 4.86. The van der Waals surface area contributed by atoms with Gasteiger partial charge in [0.2, 0.25) is 0 Å². The molecule has 16 heavy (non-hydrogen) atoms. The van der Waals surface area contributed by atoms with E-state index in [0.717, 1.165) is 32.1 Å². The molecular formula is C14H20O2. The van der Waals surface area contributed by atoms with Crippen LogP contribution in [0.15, 0.2) is 30.3 Å². The predicted octanol–water partition coefficient (Wildman–Crippen LogP) is 2.14. The summed E-state index contributed by atoms with van der Waals surface area (Å²) in [6, 6.07) is 10.3. The number of aliphatic hydroxyl groups excluding tert-OH is 1. The zero-order chi connectivity index (χ0) is 11.4. The molecular weight excluding hydrogens is 200 g/mol. The van der Waals surface area contributed by atoms with Crippen LogP contribution in [0.2, 0.25) is 0 Å². The largest absolute Gasteiger partial charge is 0.396 e. The molecule has 2 atom stereocenters. The van der Waals surface area contributed by atoms with Crippen LogP contribution in [0.3, 0.4) is 0 Å². The molecule has 0 heterocycles. The molecule has 1 saturated carbocycles. The Balaban J connectivity index is 1.75. The smallest absolute Gasteiger partial charge is 0.0683 e. The van der Waals surface area contributed by atoms with Crippen LogP contribution in [0.4, 0.5) is 0 Å². The molecule has 0 unspecified atom stereocenters. The lowest BCUT2D eigenvalue weighted by Crippen LogP contribution is -2.12. The van der Waals surface area contributed by atoms with Crippen molar-refractivity contribution in [2.45, 2.75) is 37.7 Å². The van der Waals surface area contributed by atoms with Crippen LogP contribution in [0.5, 0.6) is 0 Å². The van der Waals surface area contributed by atoms with Crippen molar-refractivity contribution in [3.05, 3.63) is 35.9 Å². The Morgan fingerprint density at radius 1 is 1.25 bits per heavy atom. The number of hydrogen-bond donors (Lipinski definition) is 2. The molecule has 2 N–H and O–H groups in total. The molecule has 1 fully saturated rings. The van der Waals surface area contributed by atoms with Gasteiger partial charge in [-0.25, -0.2) is 0 Å². The highest BCUT2D eigenvalue weighted by atomic mass is 16.3. The predicted molar refractivity (Wildman–Crippen MR) is 64.1 cm³/mol. The molecule has 88 valence electrons. The van der Waals surface area contributed by atoms with Crippen LogP contribution < -0.4 is 0 Å². The van der Waals surface area contributed by atoms with Crippen LogP contribution >= 0.6 is 0 Å². The topological polar surface area (TPSA) is 40.5 Å². The normalized spacial score (nSPS) is 28.0. The van der Waals surface area contributed by atoms with Gasteiger partial charge in [0, 0.05) is 6.61 Å². The molecule has 2 nitrogen and oxygen atoms in total. The van der Waals surface area contributed by atoms with Crippen molar-refractivity contribution in [3.63, 3.8) is 0 Å². The van der Waals surface area contributed by atoms with Crippen LogP contribution in [-0.4, -0.2) is 22.4 Å². The first kappa shape index (κ1) is 11.6. The Labute approximate surface area is 96.9 Å². The summed E-state index contributed by atoms with van der Waals surface area (Å²) in [4.78, 5) is 0. The Morgan fingerprint density at radius 2 is 2.00 bits per heavy atom. The maximum Gasteiger partial charge on any atom is 0.0683 e. The van der Waals surface area contributed by atoms with E-state index in [1.807, 2.05) is 18.2 Å². The van der Waals surface area contributed by atoms with Crippen LogP contribution in [-0.2, 0) is 6.42 Å². The van der Waals surface area contributed by atoms with Crippen molar-refractivity contribution in [2.24, 2.45) is 5.92 Å². The van der Waals surface area contributed by atoms with Gasteiger partial charge in [-0.05, 0) is 43.6 Å². The van der Waals surface area contributed by atoms with E-state index in [9.17, 15) is 5.11 Å². The summed E-state index contributed by atoms with van der Waals surface area (Å²) in [7, 11) is 0. The van der Waals surface area contributed by atoms with Crippen LogP contribution in [0, 0.1) is 5.92 Å². The molecule has 2 heteroatoms. The molecule has 1 aromatic carbocycles. The van der Waals surface area contributed by atoms with Gasteiger partial charge in [-0.15, -0.1) is 0 Å². The van der Waals surface area contributed by atoms with Crippen LogP contribution in [0.1, 0.15) is 31.2 Å². The second kappa shape index (κ2) is 4.98. The zero-order valence-electron chi connectivity index (χ0n) is 9.60. The van der Waals surface area contributed by atoms with Gasteiger partial charge in [0.25, 0.3) is 0 Å². The fourth-order valence-electron chi connectivity index (χ4n) is 2.39. The summed E-state index contributed by atoms with van der Waals surface area (Å²) < 4.78 is 0. The van der Waals surface area contributed by atoms with Gasteiger partial charge in [-0.3, -0.25) is 0 Å². The van der Waals surface area contributed by atoms with Crippen LogP contribution in [0.25, 0.3) is 0 Å². The van der Waals surface area contributed by atoms with E-state index < -0.39 is 5.60 Å². The maximum absolute atomic E-state index is 10.2. The number of hydrogen-bond acceptors (Lipinski definition) is 2. The quantitative estimate of drug-likeness (QED) is 0.771. The standard InChI is InChI=1S/C14H20O2/c15-10-4-7-13-11-14(13,16)9-8-12-5-2-1-3-6-12/h1-3,5-6,13,15-16H,4,7-11H2/t13-,14+/m0/s1. The molecule has 0 aliphatic heterocycles. The highest BCUT2D eigenvalue weighted by Crippen LogP contribution is 2.49. The minimum absolute atomic E-state index is 0.241. The summed E-state index contributed by atoms with van der Waals surface area (Å²) in [6.07, 6.45) is 4.50. The van der Waals surface area contributed by atoms with Gasteiger partial charge in [0.05, 0.1) is 5.60 Å². The van der Waals surface area contributed by atoms with Gasteiger partial charge in [-0.1, -0.05) is 30.3 Å². The molecule has 1 aliphatic carbocycles. The summed E-state index contributed by atoms with van der Waals surface area (Å²) >= 11 is 0. The minimum atomic E-state index is -0.439. The van der Waals surface area contributed by atoms with E-state index >= 15 is 0 Å². The third kappa shape index (κ3) is 2.83. The van der Waals surface area contributed by atoms with Crippen molar-refractivity contribution >= 4 is 0 Å². The number of aliphatic hydroxyl groups is 2. The van der Waals surface area contributed by atoms with Gasteiger partial charge in [-0.2, -0.15) is 0 Å². The first-order valence-corrected chi connectivity index (χ1v) is 6.12. The Morgan fingerprint density at radius 3 is 2.69 bits per heavy atom. The van der Waals surface area contributed by atoms with Gasteiger partial charge in [0.1, 0.15) is 0 Å². The average molecular weight is 220 g/mol. The number of benzene rings is 1. The van der Waals surface area contributed by atoms with E-state index in [-0.39, 0.29) is 6.61 Å². The van der Waals surface area contributed by atoms with E-state index in [1.54, 1.807) is 0 Å². The molecule has 0 spiro atoms. The van der Waals surface area contributed by atoms with Crippen molar-refractivity contribution in [1.82, 2.24) is 0 Å². The summed E-state index contributed by atoms with van der Waals surface area (Å²) in [5.41, 5.74) is 0.856. The summed E-state index contributed by atoms with van der Waals surface area (Å²) in [5.74, 6) is 0.420. The number of aryl methyl sites for hydroxylation is 1. The lowest BCUT2D eigenvalue weighted by Gasteiger charge is -2.10. The lowest BCUT2D eigenvalue weighted by molar-refractivity contribution is 0.117. The van der Waals surface area contributed by atoms with E-state index in [1.165, 1.54) is 5.56 Å². The summed E-state index contributed by atoms with van der Waals surface area (Å²) in [6.45, 7) is 0.241. The molecule has 0 aromatic heterocycles. The Hall–Kier alpha value is -0.860. The van der Waals surface area contributed by atoms with Gasteiger partial charge < -0.3 is 10.2 Å². The molecule has 0 radical (unpaired) electrons.